The second kappa shape index (κ2) is 7.22. The number of benzene rings is 2. The van der Waals surface area contributed by atoms with Crippen LogP contribution in [0, 0.1) is 5.92 Å². The first kappa shape index (κ1) is 14.8. The summed E-state index contributed by atoms with van der Waals surface area (Å²) in [5.41, 5.74) is 2.19. The van der Waals surface area contributed by atoms with E-state index in [1.54, 1.807) is 0 Å². The number of nitrogens with one attached hydrogen (secondary N) is 1. The molecule has 2 rings (SSSR count). The summed E-state index contributed by atoms with van der Waals surface area (Å²) in [4.78, 5) is 0. The molecule has 0 amide bonds. The van der Waals surface area contributed by atoms with Gasteiger partial charge in [-0.1, -0.05) is 74.5 Å². The third-order valence-electron chi connectivity index (χ3n) is 3.75. The maximum absolute atomic E-state index is 10.6. The Balaban J connectivity index is 2.21. The van der Waals surface area contributed by atoms with Crippen molar-refractivity contribution in [3.8, 4) is 0 Å². The lowest BCUT2D eigenvalue weighted by Gasteiger charge is -2.29. The van der Waals surface area contributed by atoms with Crippen LogP contribution < -0.4 is 5.32 Å². The van der Waals surface area contributed by atoms with Gasteiger partial charge in [-0.3, -0.25) is 0 Å². The van der Waals surface area contributed by atoms with Crippen LogP contribution in [0.2, 0.25) is 0 Å². The average Bonchev–Trinajstić information content (AvgIpc) is 2.53. The van der Waals surface area contributed by atoms with Gasteiger partial charge in [0.2, 0.25) is 0 Å². The van der Waals surface area contributed by atoms with Crippen molar-refractivity contribution in [1.82, 2.24) is 5.32 Å². The van der Waals surface area contributed by atoms with Gasteiger partial charge < -0.3 is 10.4 Å². The average molecular weight is 269 g/mol. The van der Waals surface area contributed by atoms with E-state index in [1.807, 2.05) is 48.5 Å². The zero-order valence-corrected chi connectivity index (χ0v) is 12.2. The highest BCUT2D eigenvalue weighted by Gasteiger charge is 2.25. The molecule has 0 saturated heterocycles. The van der Waals surface area contributed by atoms with Gasteiger partial charge in [0, 0.05) is 12.0 Å². The number of rotatable bonds is 6. The quantitative estimate of drug-likeness (QED) is 0.838. The van der Waals surface area contributed by atoms with Crippen LogP contribution in [0.15, 0.2) is 60.7 Å². The van der Waals surface area contributed by atoms with Crippen molar-refractivity contribution >= 4 is 0 Å². The Labute approximate surface area is 121 Å². The predicted molar refractivity (Wildman–Crippen MR) is 83.4 cm³/mol. The highest BCUT2D eigenvalue weighted by atomic mass is 16.3. The molecule has 2 aromatic carbocycles. The highest BCUT2D eigenvalue weighted by Crippen LogP contribution is 2.32. The first-order chi connectivity index (χ1) is 9.74. The second-order valence-corrected chi connectivity index (χ2v) is 5.16. The summed E-state index contributed by atoms with van der Waals surface area (Å²) in [6.07, 6.45) is -0.472. The van der Waals surface area contributed by atoms with Crippen LogP contribution in [0.1, 0.15) is 37.1 Å². The zero-order valence-electron chi connectivity index (χ0n) is 12.2. The second-order valence-electron chi connectivity index (χ2n) is 5.16. The molecule has 0 aliphatic heterocycles. The predicted octanol–water partition coefficient (Wildman–Crippen LogP) is 3.71. The fourth-order valence-corrected chi connectivity index (χ4v) is 2.62. The van der Waals surface area contributed by atoms with Crippen LogP contribution in [-0.4, -0.2) is 11.7 Å². The minimum Gasteiger partial charge on any atom is -0.388 e. The van der Waals surface area contributed by atoms with Gasteiger partial charge in [0.15, 0.2) is 0 Å². The monoisotopic (exact) mass is 269 g/mol. The van der Waals surface area contributed by atoms with Gasteiger partial charge >= 0.3 is 0 Å². The summed E-state index contributed by atoms with van der Waals surface area (Å²) in [6.45, 7) is 5.07. The van der Waals surface area contributed by atoms with Gasteiger partial charge in [0.25, 0.3) is 0 Å². The van der Waals surface area contributed by atoms with Gasteiger partial charge in [-0.15, -0.1) is 0 Å². The Morgan fingerprint density at radius 2 is 1.40 bits per heavy atom. The van der Waals surface area contributed by atoms with Gasteiger partial charge in [-0.2, -0.15) is 0 Å². The van der Waals surface area contributed by atoms with E-state index in [0.29, 0.717) is 0 Å². The SMILES string of the molecule is CCN[C@H](c1ccccc1)[C@@H](C)[C@H](O)c1ccccc1. The molecule has 0 spiro atoms. The van der Waals surface area contributed by atoms with E-state index < -0.39 is 6.10 Å². The molecule has 2 heteroatoms. The van der Waals surface area contributed by atoms with Crippen molar-refractivity contribution < 1.29 is 5.11 Å². The lowest BCUT2D eigenvalue weighted by atomic mass is 9.87. The molecule has 0 aromatic heterocycles. The largest absolute Gasteiger partial charge is 0.388 e. The van der Waals surface area contributed by atoms with E-state index >= 15 is 0 Å². The topological polar surface area (TPSA) is 32.3 Å². The number of aliphatic hydroxyl groups excluding tert-OH is 1. The van der Waals surface area contributed by atoms with Crippen molar-refractivity contribution in [3.05, 3.63) is 71.8 Å². The molecule has 0 bridgehead atoms. The molecule has 0 saturated carbocycles. The molecule has 0 aliphatic carbocycles. The summed E-state index contributed by atoms with van der Waals surface area (Å²) in [5.74, 6) is 0.0970. The maximum Gasteiger partial charge on any atom is 0.0833 e. The Bertz CT molecular complexity index is 497. The third-order valence-corrected chi connectivity index (χ3v) is 3.75. The normalized spacial score (nSPS) is 15.6. The minimum atomic E-state index is -0.472. The Morgan fingerprint density at radius 1 is 0.900 bits per heavy atom. The van der Waals surface area contributed by atoms with Crippen molar-refractivity contribution in [2.24, 2.45) is 5.92 Å². The van der Waals surface area contributed by atoms with Gasteiger partial charge in [-0.05, 0) is 17.7 Å². The molecule has 0 unspecified atom stereocenters. The van der Waals surface area contributed by atoms with Crippen LogP contribution in [0.25, 0.3) is 0 Å². The van der Waals surface area contributed by atoms with Crippen LogP contribution in [0.3, 0.4) is 0 Å². The molecular formula is C18H23NO. The lowest BCUT2D eigenvalue weighted by molar-refractivity contribution is 0.0941. The van der Waals surface area contributed by atoms with Crippen LogP contribution in [0.4, 0.5) is 0 Å². The standard InChI is InChI=1S/C18H23NO/c1-3-19-17(15-10-6-4-7-11-15)14(2)18(20)16-12-8-5-9-13-16/h4-14,17-20H,3H2,1-2H3/t14-,17+,18+/m1/s1. The molecule has 3 atom stereocenters. The van der Waals surface area contributed by atoms with Crippen molar-refractivity contribution in [3.63, 3.8) is 0 Å². The third kappa shape index (κ3) is 3.47. The molecule has 106 valence electrons. The highest BCUT2D eigenvalue weighted by molar-refractivity contribution is 5.23. The Kier molecular flexibility index (Phi) is 5.33. The zero-order chi connectivity index (χ0) is 14.4. The van der Waals surface area contributed by atoms with E-state index in [4.69, 9.17) is 0 Å². The molecule has 0 fully saturated rings. The summed E-state index contributed by atoms with van der Waals surface area (Å²) in [5, 5.41) is 14.1. The lowest BCUT2D eigenvalue weighted by Crippen LogP contribution is -2.30. The van der Waals surface area contributed by atoms with E-state index in [9.17, 15) is 5.11 Å². The van der Waals surface area contributed by atoms with E-state index in [-0.39, 0.29) is 12.0 Å². The molecule has 0 heterocycles. The maximum atomic E-state index is 10.6. The van der Waals surface area contributed by atoms with E-state index in [0.717, 1.165) is 12.1 Å². The Hall–Kier alpha value is -1.64. The molecule has 20 heavy (non-hydrogen) atoms. The van der Waals surface area contributed by atoms with Gasteiger partial charge in [0.1, 0.15) is 0 Å². The summed E-state index contributed by atoms with van der Waals surface area (Å²) >= 11 is 0. The van der Waals surface area contributed by atoms with E-state index in [2.05, 4.69) is 31.3 Å². The van der Waals surface area contributed by atoms with Gasteiger partial charge in [-0.25, -0.2) is 0 Å². The minimum absolute atomic E-state index is 0.0970. The first-order valence-corrected chi connectivity index (χ1v) is 7.25. The van der Waals surface area contributed by atoms with Crippen molar-refractivity contribution in [2.45, 2.75) is 26.0 Å². The van der Waals surface area contributed by atoms with Crippen molar-refractivity contribution in [2.75, 3.05) is 6.54 Å². The number of hydrogen-bond acceptors (Lipinski definition) is 2. The fourth-order valence-electron chi connectivity index (χ4n) is 2.62. The number of aliphatic hydroxyl groups is 1. The fraction of sp³-hybridized carbons (Fsp3) is 0.333. The van der Waals surface area contributed by atoms with Crippen LogP contribution in [0.5, 0.6) is 0 Å². The van der Waals surface area contributed by atoms with Gasteiger partial charge in [0.05, 0.1) is 6.10 Å². The summed E-state index contributed by atoms with van der Waals surface area (Å²) in [7, 11) is 0. The molecule has 2 N–H and O–H groups in total. The van der Waals surface area contributed by atoms with E-state index in [1.165, 1.54) is 5.56 Å². The molecule has 0 radical (unpaired) electrons. The smallest absolute Gasteiger partial charge is 0.0833 e. The Morgan fingerprint density at radius 3 is 1.90 bits per heavy atom. The number of hydrogen-bond donors (Lipinski definition) is 2. The van der Waals surface area contributed by atoms with Crippen molar-refractivity contribution in [1.29, 1.82) is 0 Å². The summed E-state index contributed by atoms with van der Waals surface area (Å²) in [6, 6.07) is 20.4. The van der Waals surface area contributed by atoms with Crippen LogP contribution >= 0.6 is 0 Å². The van der Waals surface area contributed by atoms with Crippen LogP contribution in [-0.2, 0) is 0 Å². The molecule has 2 aromatic rings. The molecule has 0 aliphatic rings. The molecule has 2 nitrogen and oxygen atoms in total. The first-order valence-electron chi connectivity index (χ1n) is 7.25. The molecular weight excluding hydrogens is 246 g/mol. The summed E-state index contributed by atoms with van der Waals surface area (Å²) < 4.78 is 0.